The van der Waals surface area contributed by atoms with Crippen LogP contribution in [0.3, 0.4) is 0 Å². The monoisotopic (exact) mass is 545 g/mol. The Bertz CT molecular complexity index is 1340. The van der Waals surface area contributed by atoms with E-state index in [1.165, 1.54) is 0 Å². The Labute approximate surface area is 232 Å². The van der Waals surface area contributed by atoms with Crippen LogP contribution in [0.25, 0.3) is 11.0 Å². The van der Waals surface area contributed by atoms with Crippen LogP contribution in [0.2, 0.25) is 25.7 Å². The molecule has 2 heterocycles. The van der Waals surface area contributed by atoms with Gasteiger partial charge in [-0.1, -0.05) is 43.9 Å². The van der Waals surface area contributed by atoms with Crippen LogP contribution in [0, 0.1) is 6.92 Å². The van der Waals surface area contributed by atoms with Crippen LogP contribution in [0.4, 0.5) is 5.82 Å². The van der Waals surface area contributed by atoms with Crippen molar-refractivity contribution in [3.8, 4) is 11.5 Å². The summed E-state index contributed by atoms with van der Waals surface area (Å²) in [5.74, 6) is 2.53. The fourth-order valence-corrected chi connectivity index (χ4v) is 5.24. The highest BCUT2D eigenvalue weighted by molar-refractivity contribution is 6.76. The van der Waals surface area contributed by atoms with Gasteiger partial charge < -0.3 is 23.7 Å². The van der Waals surface area contributed by atoms with Gasteiger partial charge in [0.15, 0.2) is 6.29 Å². The second kappa shape index (κ2) is 12.5. The van der Waals surface area contributed by atoms with Gasteiger partial charge in [-0.15, -0.1) is 0 Å². The zero-order valence-electron chi connectivity index (χ0n) is 23.9. The average molecular weight is 546 g/mol. The first-order valence-electron chi connectivity index (χ1n) is 13.3. The van der Waals surface area contributed by atoms with E-state index in [2.05, 4.69) is 61.8 Å². The topological polar surface area (TPSA) is 65.8 Å². The van der Waals surface area contributed by atoms with E-state index in [0.717, 1.165) is 57.4 Å². The fraction of sp³-hybridized carbons (Fsp3) is 0.355. The van der Waals surface area contributed by atoms with Crippen LogP contribution in [0.5, 0.6) is 11.5 Å². The summed E-state index contributed by atoms with van der Waals surface area (Å²) < 4.78 is 18.6. The van der Waals surface area contributed by atoms with Crippen molar-refractivity contribution in [2.24, 2.45) is 0 Å². The van der Waals surface area contributed by atoms with Crippen molar-refractivity contribution in [2.45, 2.75) is 52.4 Å². The minimum absolute atomic E-state index is 0.337. The summed E-state index contributed by atoms with van der Waals surface area (Å²) in [7, 11) is 2.15. The maximum atomic E-state index is 12.0. The molecule has 0 spiro atoms. The first-order valence-corrected chi connectivity index (χ1v) is 17.0. The summed E-state index contributed by atoms with van der Waals surface area (Å²) in [5, 5.41) is 0. The highest BCUT2D eigenvalue weighted by Crippen LogP contribution is 2.29. The number of carbonyl (C=O) groups is 1. The van der Waals surface area contributed by atoms with Gasteiger partial charge in [-0.3, -0.25) is 4.79 Å². The molecule has 0 fully saturated rings. The van der Waals surface area contributed by atoms with Gasteiger partial charge in [0.2, 0.25) is 0 Å². The van der Waals surface area contributed by atoms with Crippen LogP contribution in [0.1, 0.15) is 27.2 Å². The molecule has 4 rings (SSSR count). The van der Waals surface area contributed by atoms with E-state index in [9.17, 15) is 4.79 Å². The number of hydrogen-bond donors (Lipinski definition) is 0. The maximum absolute atomic E-state index is 12.0. The Hall–Kier alpha value is -3.62. The third-order valence-corrected chi connectivity index (χ3v) is 8.49. The molecule has 0 amide bonds. The van der Waals surface area contributed by atoms with Crippen molar-refractivity contribution in [3.63, 3.8) is 0 Å². The van der Waals surface area contributed by atoms with E-state index >= 15 is 0 Å². The minimum Gasteiger partial charge on any atom is -0.497 e. The number of nitrogens with zero attached hydrogens (tertiary/aromatic N) is 3. The lowest BCUT2D eigenvalue weighted by atomic mass is 10.1. The molecule has 0 aliphatic rings. The number of fused-ring (bicyclic) bond motifs is 1. The van der Waals surface area contributed by atoms with E-state index in [4.69, 9.17) is 19.2 Å². The number of aldehydes is 1. The van der Waals surface area contributed by atoms with Crippen molar-refractivity contribution in [3.05, 3.63) is 83.0 Å². The van der Waals surface area contributed by atoms with Crippen molar-refractivity contribution in [2.75, 3.05) is 25.7 Å². The molecule has 0 radical (unpaired) electrons. The smallest absolute Gasteiger partial charge is 0.166 e. The predicted molar refractivity (Wildman–Crippen MR) is 160 cm³/mol. The minimum atomic E-state index is -1.20. The number of hydrogen-bond acceptors (Lipinski definition) is 6. The van der Waals surface area contributed by atoms with Crippen molar-refractivity contribution in [1.29, 1.82) is 0 Å². The van der Waals surface area contributed by atoms with Crippen LogP contribution in [-0.2, 0) is 24.6 Å². The molecular weight excluding hydrogens is 506 g/mol. The number of ether oxygens (including phenoxy) is 3. The van der Waals surface area contributed by atoms with Gasteiger partial charge in [0.1, 0.15) is 24.0 Å². The summed E-state index contributed by atoms with van der Waals surface area (Å²) in [5.41, 5.74) is 5.57. The molecule has 0 bridgehead atoms. The number of rotatable bonds is 13. The molecule has 0 saturated heterocycles. The third-order valence-electron chi connectivity index (χ3n) is 6.78. The van der Waals surface area contributed by atoms with E-state index in [-0.39, 0.29) is 0 Å². The Morgan fingerprint density at radius 1 is 0.897 bits per heavy atom. The number of methoxy groups -OCH3 is 2. The summed E-state index contributed by atoms with van der Waals surface area (Å²) in [6, 6.07) is 21.2. The molecule has 0 atom stereocenters. The summed E-state index contributed by atoms with van der Waals surface area (Å²) >= 11 is 0. The predicted octanol–water partition coefficient (Wildman–Crippen LogP) is 6.69. The zero-order chi connectivity index (χ0) is 28.0. The normalized spacial score (nSPS) is 11.5. The first-order chi connectivity index (χ1) is 18.7. The first kappa shape index (κ1) is 28.4. The molecule has 8 heteroatoms. The highest BCUT2D eigenvalue weighted by atomic mass is 28.3. The van der Waals surface area contributed by atoms with E-state index < -0.39 is 8.07 Å². The Balaban J connectivity index is 1.67. The third kappa shape index (κ3) is 7.28. The second-order valence-corrected chi connectivity index (χ2v) is 16.7. The number of aromatic nitrogens is 2. The van der Waals surface area contributed by atoms with Crippen molar-refractivity contribution >= 4 is 31.2 Å². The molecule has 39 heavy (non-hydrogen) atoms. The van der Waals surface area contributed by atoms with Crippen molar-refractivity contribution in [1.82, 2.24) is 9.55 Å². The van der Waals surface area contributed by atoms with Gasteiger partial charge >= 0.3 is 0 Å². The Morgan fingerprint density at radius 2 is 1.46 bits per heavy atom. The van der Waals surface area contributed by atoms with Gasteiger partial charge in [-0.25, -0.2) is 4.98 Å². The standard InChI is InChI=1S/C31H39N3O4Si/c1-23-17-30-29(18-26(21-35)34(30)22-38-15-16-39(4,5)6)32-31(23)33(19-24-7-11-27(36-2)12-8-24)20-25-9-13-28(37-3)14-10-25/h7-14,17-18,21H,15-16,19-20,22H2,1-6H3. The number of carbonyl (C=O) groups excluding carboxylic acids is 1. The van der Waals surface area contributed by atoms with E-state index in [1.54, 1.807) is 14.2 Å². The average Bonchev–Trinajstić information content (AvgIpc) is 3.26. The van der Waals surface area contributed by atoms with Crippen LogP contribution < -0.4 is 14.4 Å². The van der Waals surface area contributed by atoms with Crippen LogP contribution in [0.15, 0.2) is 60.7 Å². The van der Waals surface area contributed by atoms with Gasteiger partial charge in [0.25, 0.3) is 0 Å². The zero-order valence-corrected chi connectivity index (χ0v) is 24.9. The Kier molecular flexibility index (Phi) is 9.09. The number of pyridine rings is 1. The number of benzene rings is 2. The quantitative estimate of drug-likeness (QED) is 0.106. The summed E-state index contributed by atoms with van der Waals surface area (Å²) in [4.78, 5) is 19.3. The molecule has 206 valence electrons. The molecule has 2 aromatic heterocycles. The summed E-state index contributed by atoms with van der Waals surface area (Å²) in [6.07, 6.45) is 0.880. The number of anilines is 1. The molecule has 4 aromatic rings. The maximum Gasteiger partial charge on any atom is 0.166 e. The molecular formula is C31H39N3O4Si. The lowest BCUT2D eigenvalue weighted by Crippen LogP contribution is -2.24. The van der Waals surface area contributed by atoms with Gasteiger partial charge in [0, 0.05) is 27.8 Å². The lowest BCUT2D eigenvalue weighted by molar-refractivity contribution is 0.0863. The van der Waals surface area contributed by atoms with Gasteiger partial charge in [0.05, 0.1) is 30.9 Å². The highest BCUT2D eigenvalue weighted by Gasteiger charge is 2.18. The second-order valence-electron chi connectivity index (χ2n) is 11.0. The van der Waals surface area contributed by atoms with Crippen molar-refractivity contribution < 1.29 is 19.0 Å². The molecule has 0 aliphatic heterocycles. The largest absolute Gasteiger partial charge is 0.497 e. The van der Waals surface area contributed by atoms with Crippen LogP contribution in [-0.4, -0.2) is 44.7 Å². The van der Waals surface area contributed by atoms with E-state index in [1.807, 2.05) is 34.9 Å². The van der Waals surface area contributed by atoms with Gasteiger partial charge in [-0.2, -0.15) is 0 Å². The molecule has 7 nitrogen and oxygen atoms in total. The summed E-state index contributed by atoms with van der Waals surface area (Å²) in [6.45, 7) is 11.4. The lowest BCUT2D eigenvalue weighted by Gasteiger charge is -2.26. The van der Waals surface area contributed by atoms with Gasteiger partial charge in [-0.05, 0) is 66.1 Å². The Morgan fingerprint density at radius 3 is 1.95 bits per heavy atom. The molecule has 0 saturated carbocycles. The molecule has 2 aromatic carbocycles. The molecule has 0 N–H and O–H groups in total. The molecule has 0 unspecified atom stereocenters. The number of aryl methyl sites for hydroxylation is 1. The fourth-order valence-electron chi connectivity index (χ4n) is 4.49. The van der Waals surface area contributed by atoms with Crippen LogP contribution >= 0.6 is 0 Å². The SMILES string of the molecule is COc1ccc(CN(Cc2ccc(OC)cc2)c2nc3cc(C=O)n(COCC[Si](C)(C)C)c3cc2C)cc1. The van der Waals surface area contributed by atoms with E-state index in [0.29, 0.717) is 32.1 Å². The molecule has 0 aliphatic carbocycles.